The van der Waals surface area contributed by atoms with E-state index >= 15 is 0 Å². The number of hydrogen-bond donors (Lipinski definition) is 2. The Labute approximate surface area is 198 Å². The Bertz CT molecular complexity index is 1120. The number of aromatic amines is 1. The predicted octanol–water partition coefficient (Wildman–Crippen LogP) is 3.76. The molecule has 1 aliphatic rings. The summed E-state index contributed by atoms with van der Waals surface area (Å²) < 4.78 is 11.2. The highest BCUT2D eigenvalue weighted by Crippen LogP contribution is 2.31. The maximum atomic E-state index is 13.0. The van der Waals surface area contributed by atoms with Gasteiger partial charge in [-0.1, -0.05) is 0 Å². The number of carbonyl (C=O) groups excluding carboxylic acids is 2. The summed E-state index contributed by atoms with van der Waals surface area (Å²) in [7, 11) is 0. The van der Waals surface area contributed by atoms with E-state index in [9.17, 15) is 9.59 Å². The van der Waals surface area contributed by atoms with Crippen LogP contribution in [-0.4, -0.2) is 58.2 Å². The van der Waals surface area contributed by atoms with Gasteiger partial charge in [0.15, 0.2) is 0 Å². The van der Waals surface area contributed by atoms with E-state index in [2.05, 4.69) is 20.5 Å². The summed E-state index contributed by atoms with van der Waals surface area (Å²) in [5, 5.41) is 10.1. The number of carbonyl (C=O) groups is 2. The lowest BCUT2D eigenvalue weighted by atomic mass is 9.95. The van der Waals surface area contributed by atoms with E-state index in [1.165, 1.54) is 0 Å². The number of H-pyrrole nitrogens is 1. The molecule has 0 unspecified atom stereocenters. The van der Waals surface area contributed by atoms with Gasteiger partial charge in [-0.2, -0.15) is 5.10 Å². The molecule has 0 radical (unpaired) electrons. The number of benzene rings is 1. The molecule has 2 aromatic heterocycles. The Morgan fingerprint density at radius 1 is 1.06 bits per heavy atom. The molecule has 0 bridgehead atoms. The molecular formula is C25H29N5O4. The molecule has 3 aromatic rings. The third-order valence-electron chi connectivity index (χ3n) is 5.76. The monoisotopic (exact) mass is 463 g/mol. The maximum Gasteiger partial charge on any atom is 0.271 e. The van der Waals surface area contributed by atoms with Crippen LogP contribution < -0.4 is 14.8 Å². The molecule has 0 aliphatic carbocycles. The molecule has 34 heavy (non-hydrogen) atoms. The first-order chi connectivity index (χ1) is 16.6. The zero-order chi connectivity index (χ0) is 23.9. The van der Waals surface area contributed by atoms with Crippen molar-refractivity contribution in [1.82, 2.24) is 20.1 Å². The second-order valence-corrected chi connectivity index (χ2v) is 7.98. The van der Waals surface area contributed by atoms with E-state index in [-0.39, 0.29) is 17.7 Å². The molecule has 1 aromatic carbocycles. The number of pyridine rings is 1. The van der Waals surface area contributed by atoms with E-state index in [0.717, 1.165) is 5.56 Å². The quantitative estimate of drug-likeness (QED) is 0.526. The third-order valence-corrected chi connectivity index (χ3v) is 5.76. The second-order valence-electron chi connectivity index (χ2n) is 7.98. The van der Waals surface area contributed by atoms with Crippen molar-refractivity contribution in [1.29, 1.82) is 0 Å². The Kier molecular flexibility index (Phi) is 7.41. The van der Waals surface area contributed by atoms with Crippen LogP contribution in [0.3, 0.4) is 0 Å². The average molecular weight is 464 g/mol. The largest absolute Gasteiger partial charge is 0.494 e. The van der Waals surface area contributed by atoms with Crippen LogP contribution in [0, 0.1) is 5.92 Å². The zero-order valence-electron chi connectivity index (χ0n) is 19.4. The van der Waals surface area contributed by atoms with Crippen molar-refractivity contribution in [3.63, 3.8) is 0 Å². The van der Waals surface area contributed by atoms with Crippen molar-refractivity contribution < 1.29 is 19.1 Å². The fraction of sp³-hybridized carbons (Fsp3) is 0.360. The third kappa shape index (κ3) is 5.36. The fourth-order valence-corrected chi connectivity index (χ4v) is 4.00. The van der Waals surface area contributed by atoms with Crippen LogP contribution in [0.2, 0.25) is 0 Å². The minimum absolute atomic E-state index is 0.0804. The van der Waals surface area contributed by atoms with Crippen molar-refractivity contribution in [2.75, 3.05) is 31.6 Å². The topological polar surface area (TPSA) is 109 Å². The van der Waals surface area contributed by atoms with Crippen LogP contribution in [0.1, 0.15) is 37.2 Å². The second kappa shape index (κ2) is 10.8. The van der Waals surface area contributed by atoms with Gasteiger partial charge in [0, 0.05) is 43.0 Å². The first kappa shape index (κ1) is 23.3. The first-order valence-electron chi connectivity index (χ1n) is 11.5. The van der Waals surface area contributed by atoms with E-state index in [4.69, 9.17) is 9.47 Å². The van der Waals surface area contributed by atoms with Crippen LogP contribution in [0.25, 0.3) is 11.3 Å². The van der Waals surface area contributed by atoms with Gasteiger partial charge in [-0.25, -0.2) is 0 Å². The van der Waals surface area contributed by atoms with Gasteiger partial charge < -0.3 is 19.7 Å². The van der Waals surface area contributed by atoms with Gasteiger partial charge >= 0.3 is 0 Å². The zero-order valence-corrected chi connectivity index (χ0v) is 19.4. The number of likely N-dealkylation sites (tertiary alicyclic amines) is 1. The average Bonchev–Trinajstić information content (AvgIpc) is 3.36. The van der Waals surface area contributed by atoms with Crippen molar-refractivity contribution in [3.8, 4) is 22.8 Å². The highest BCUT2D eigenvalue weighted by molar-refractivity contribution is 5.95. The molecule has 2 amide bonds. The Hall–Kier alpha value is -3.88. The molecule has 0 spiro atoms. The number of aromatic nitrogens is 3. The van der Waals surface area contributed by atoms with E-state index in [1.54, 1.807) is 35.5 Å². The molecule has 9 heteroatoms. The van der Waals surface area contributed by atoms with Crippen LogP contribution in [-0.2, 0) is 4.79 Å². The summed E-state index contributed by atoms with van der Waals surface area (Å²) in [6.07, 6.45) is 4.54. The number of ether oxygens (including phenoxy) is 2. The molecule has 2 N–H and O–H groups in total. The van der Waals surface area contributed by atoms with Gasteiger partial charge in [0.2, 0.25) is 5.91 Å². The Balaban J connectivity index is 1.36. The van der Waals surface area contributed by atoms with E-state index < -0.39 is 0 Å². The van der Waals surface area contributed by atoms with Crippen LogP contribution >= 0.6 is 0 Å². The molecule has 4 rings (SSSR count). The van der Waals surface area contributed by atoms with Gasteiger partial charge in [0.1, 0.15) is 17.2 Å². The Morgan fingerprint density at radius 2 is 1.79 bits per heavy atom. The molecular weight excluding hydrogens is 434 g/mol. The molecule has 3 heterocycles. The number of piperidine rings is 1. The fourth-order valence-electron chi connectivity index (χ4n) is 4.00. The first-order valence-corrected chi connectivity index (χ1v) is 11.5. The number of anilines is 1. The SMILES string of the molecule is CCOc1ccc(OCC)c(NC(=O)C2CCN(C(=O)c3cc(-c4ccncc4)n[nH]3)CC2)c1. The number of rotatable bonds is 8. The molecule has 0 saturated carbocycles. The highest BCUT2D eigenvalue weighted by Gasteiger charge is 2.29. The number of amides is 2. The highest BCUT2D eigenvalue weighted by atomic mass is 16.5. The summed E-state index contributed by atoms with van der Waals surface area (Å²) in [5.74, 6) is 0.893. The van der Waals surface area contributed by atoms with Gasteiger partial charge in [0.05, 0.1) is 24.6 Å². The molecule has 178 valence electrons. The van der Waals surface area contributed by atoms with E-state index in [0.29, 0.717) is 67.7 Å². The van der Waals surface area contributed by atoms with Crippen molar-refractivity contribution in [3.05, 3.63) is 54.5 Å². The van der Waals surface area contributed by atoms with Gasteiger partial charge in [-0.15, -0.1) is 0 Å². The predicted molar refractivity (Wildman–Crippen MR) is 128 cm³/mol. The number of nitrogens with one attached hydrogen (secondary N) is 2. The molecule has 1 saturated heterocycles. The molecule has 1 aliphatic heterocycles. The standard InChI is InChI=1S/C25H29N5O4/c1-3-33-19-5-6-23(34-4-2)21(15-19)27-24(31)18-9-13-30(14-10-18)25(32)22-16-20(28-29-22)17-7-11-26-12-8-17/h5-8,11-12,15-16,18H,3-4,9-10,13-14H2,1-2H3,(H,27,31)(H,28,29). The van der Waals surface area contributed by atoms with Crippen LogP contribution in [0.5, 0.6) is 11.5 Å². The minimum atomic E-state index is -0.191. The Morgan fingerprint density at radius 3 is 2.50 bits per heavy atom. The summed E-state index contributed by atoms with van der Waals surface area (Å²) in [6.45, 7) is 5.83. The van der Waals surface area contributed by atoms with E-state index in [1.807, 2.05) is 32.0 Å². The number of hydrogen-bond acceptors (Lipinski definition) is 6. The minimum Gasteiger partial charge on any atom is -0.494 e. The van der Waals surface area contributed by atoms with Crippen LogP contribution in [0.15, 0.2) is 48.8 Å². The van der Waals surface area contributed by atoms with Crippen molar-refractivity contribution in [2.45, 2.75) is 26.7 Å². The summed E-state index contributed by atoms with van der Waals surface area (Å²) in [4.78, 5) is 31.7. The summed E-state index contributed by atoms with van der Waals surface area (Å²) in [6, 6.07) is 10.8. The van der Waals surface area contributed by atoms with Gasteiger partial charge in [0.25, 0.3) is 5.91 Å². The van der Waals surface area contributed by atoms with Gasteiger partial charge in [-0.05, 0) is 57.0 Å². The maximum absolute atomic E-state index is 13.0. The van der Waals surface area contributed by atoms with Crippen molar-refractivity contribution in [2.24, 2.45) is 5.92 Å². The normalized spacial score (nSPS) is 14.0. The molecule has 0 atom stereocenters. The lowest BCUT2D eigenvalue weighted by Gasteiger charge is -2.31. The summed E-state index contributed by atoms with van der Waals surface area (Å²) >= 11 is 0. The lowest BCUT2D eigenvalue weighted by molar-refractivity contribution is -0.121. The molecule has 1 fully saturated rings. The smallest absolute Gasteiger partial charge is 0.271 e. The molecule has 9 nitrogen and oxygen atoms in total. The van der Waals surface area contributed by atoms with Crippen molar-refractivity contribution >= 4 is 17.5 Å². The van der Waals surface area contributed by atoms with Gasteiger partial charge in [-0.3, -0.25) is 19.7 Å². The lowest BCUT2D eigenvalue weighted by Crippen LogP contribution is -2.41. The number of nitrogens with zero attached hydrogens (tertiary/aromatic N) is 3. The van der Waals surface area contributed by atoms with Crippen LogP contribution in [0.4, 0.5) is 5.69 Å². The summed E-state index contributed by atoms with van der Waals surface area (Å²) in [5.41, 5.74) is 2.61.